The third-order valence-corrected chi connectivity index (χ3v) is 3.17. The molecule has 0 aliphatic heterocycles. The molecule has 6 nitrogen and oxygen atoms in total. The lowest BCUT2D eigenvalue weighted by Crippen LogP contribution is -2.50. The van der Waals surface area contributed by atoms with Crippen LogP contribution in [0.15, 0.2) is 24.3 Å². The zero-order valence-electron chi connectivity index (χ0n) is 10.3. The van der Waals surface area contributed by atoms with E-state index in [0.29, 0.717) is 0 Å². The Morgan fingerprint density at radius 1 is 1.26 bits per heavy atom. The minimum Gasteiger partial charge on any atom is -0.480 e. The molecular weight excluding hydrogens is 248 g/mol. The molecule has 0 fully saturated rings. The lowest BCUT2D eigenvalue weighted by molar-refractivity contribution is -0.140. The van der Waals surface area contributed by atoms with Crippen molar-refractivity contribution in [3.05, 3.63) is 35.4 Å². The number of nitrogens with one attached hydrogen (secondary N) is 2. The zero-order chi connectivity index (χ0) is 13.8. The Hall–Kier alpha value is -2.08. The molecule has 0 saturated carbocycles. The van der Waals surface area contributed by atoms with Gasteiger partial charge in [0, 0.05) is 6.04 Å². The molecule has 102 valence electrons. The third kappa shape index (κ3) is 3.23. The van der Waals surface area contributed by atoms with Crippen molar-refractivity contribution in [3.63, 3.8) is 0 Å². The number of aliphatic hydroxyl groups is 1. The van der Waals surface area contributed by atoms with Gasteiger partial charge in [-0.25, -0.2) is 9.59 Å². The van der Waals surface area contributed by atoms with Crippen molar-refractivity contribution in [2.45, 2.75) is 24.9 Å². The van der Waals surface area contributed by atoms with Crippen molar-refractivity contribution in [3.8, 4) is 0 Å². The number of benzene rings is 1. The number of amides is 2. The Kier molecular flexibility index (Phi) is 4.01. The van der Waals surface area contributed by atoms with Crippen LogP contribution in [0.25, 0.3) is 0 Å². The SMILES string of the molecule is O=C(NC1Cc2ccccc2C1)N[C@@H](CO)C(=O)O. The number of carbonyl (C=O) groups excluding carboxylic acids is 1. The van der Waals surface area contributed by atoms with Crippen LogP contribution in [0, 0.1) is 0 Å². The lowest BCUT2D eigenvalue weighted by Gasteiger charge is -2.16. The molecule has 0 saturated heterocycles. The minimum atomic E-state index is -1.27. The van der Waals surface area contributed by atoms with Crippen LogP contribution in [0.3, 0.4) is 0 Å². The summed E-state index contributed by atoms with van der Waals surface area (Å²) < 4.78 is 0. The summed E-state index contributed by atoms with van der Waals surface area (Å²) in [5.41, 5.74) is 2.40. The highest BCUT2D eigenvalue weighted by molar-refractivity contribution is 5.82. The number of carboxylic acids is 1. The molecule has 0 radical (unpaired) electrons. The second-order valence-electron chi connectivity index (χ2n) is 4.57. The highest BCUT2D eigenvalue weighted by Crippen LogP contribution is 2.21. The average molecular weight is 264 g/mol. The van der Waals surface area contributed by atoms with E-state index in [1.807, 2.05) is 24.3 Å². The van der Waals surface area contributed by atoms with E-state index in [1.165, 1.54) is 11.1 Å². The van der Waals surface area contributed by atoms with Gasteiger partial charge in [0.15, 0.2) is 6.04 Å². The summed E-state index contributed by atoms with van der Waals surface area (Å²) in [7, 11) is 0. The predicted molar refractivity (Wildman–Crippen MR) is 67.8 cm³/mol. The van der Waals surface area contributed by atoms with E-state index in [0.717, 1.165) is 12.8 Å². The molecule has 2 amide bonds. The van der Waals surface area contributed by atoms with E-state index in [-0.39, 0.29) is 6.04 Å². The molecule has 1 aliphatic carbocycles. The van der Waals surface area contributed by atoms with Crippen molar-refractivity contribution in [1.29, 1.82) is 0 Å². The number of carboxylic acid groups (broad SMARTS) is 1. The molecule has 0 heterocycles. The first-order valence-corrected chi connectivity index (χ1v) is 6.07. The quantitative estimate of drug-likeness (QED) is 0.610. The zero-order valence-corrected chi connectivity index (χ0v) is 10.3. The van der Waals surface area contributed by atoms with Crippen LogP contribution in [0.2, 0.25) is 0 Å². The molecule has 0 unspecified atom stereocenters. The molecule has 2 rings (SSSR count). The monoisotopic (exact) mass is 264 g/mol. The number of fused-ring (bicyclic) bond motifs is 1. The minimum absolute atomic E-state index is 0.0365. The summed E-state index contributed by atoms with van der Waals surface area (Å²) in [5, 5.41) is 22.5. The van der Waals surface area contributed by atoms with E-state index >= 15 is 0 Å². The van der Waals surface area contributed by atoms with Gasteiger partial charge < -0.3 is 20.8 Å². The van der Waals surface area contributed by atoms with Gasteiger partial charge in [-0.3, -0.25) is 0 Å². The number of rotatable bonds is 4. The molecule has 1 aromatic carbocycles. The molecule has 1 aromatic rings. The second-order valence-corrected chi connectivity index (χ2v) is 4.57. The first-order chi connectivity index (χ1) is 9.10. The molecule has 6 heteroatoms. The van der Waals surface area contributed by atoms with Gasteiger partial charge in [-0.05, 0) is 24.0 Å². The van der Waals surface area contributed by atoms with Crippen LogP contribution in [0.1, 0.15) is 11.1 Å². The van der Waals surface area contributed by atoms with Crippen molar-refractivity contribution in [1.82, 2.24) is 10.6 Å². The number of urea groups is 1. The van der Waals surface area contributed by atoms with Gasteiger partial charge in [0.1, 0.15) is 0 Å². The van der Waals surface area contributed by atoms with Crippen LogP contribution in [-0.4, -0.2) is 40.9 Å². The Labute approximate surface area is 110 Å². The fourth-order valence-electron chi connectivity index (χ4n) is 2.23. The normalized spacial score (nSPS) is 15.6. The van der Waals surface area contributed by atoms with Gasteiger partial charge in [-0.15, -0.1) is 0 Å². The van der Waals surface area contributed by atoms with E-state index in [2.05, 4.69) is 10.6 Å². The van der Waals surface area contributed by atoms with Crippen molar-refractivity contribution in [2.24, 2.45) is 0 Å². The van der Waals surface area contributed by atoms with Crippen LogP contribution >= 0.6 is 0 Å². The first kappa shape index (κ1) is 13.4. The molecule has 0 bridgehead atoms. The summed E-state index contributed by atoms with van der Waals surface area (Å²) in [4.78, 5) is 22.3. The van der Waals surface area contributed by atoms with Gasteiger partial charge in [-0.1, -0.05) is 24.3 Å². The van der Waals surface area contributed by atoms with E-state index < -0.39 is 24.6 Å². The third-order valence-electron chi connectivity index (χ3n) is 3.17. The number of hydrogen-bond donors (Lipinski definition) is 4. The molecule has 1 aliphatic rings. The van der Waals surface area contributed by atoms with Gasteiger partial charge >= 0.3 is 12.0 Å². The maximum absolute atomic E-state index is 11.6. The smallest absolute Gasteiger partial charge is 0.328 e. The number of aliphatic hydroxyl groups excluding tert-OH is 1. The van der Waals surface area contributed by atoms with E-state index in [4.69, 9.17) is 10.2 Å². The maximum atomic E-state index is 11.6. The topological polar surface area (TPSA) is 98.7 Å². The van der Waals surface area contributed by atoms with Crippen LogP contribution < -0.4 is 10.6 Å². The number of hydrogen-bond acceptors (Lipinski definition) is 3. The fourth-order valence-corrected chi connectivity index (χ4v) is 2.23. The van der Waals surface area contributed by atoms with Crippen LogP contribution in [-0.2, 0) is 17.6 Å². The second kappa shape index (κ2) is 5.71. The van der Waals surface area contributed by atoms with Crippen molar-refractivity contribution >= 4 is 12.0 Å². The summed E-state index contributed by atoms with van der Waals surface area (Å²) in [5.74, 6) is -1.26. The summed E-state index contributed by atoms with van der Waals surface area (Å²) in [6.45, 7) is -0.631. The Balaban J connectivity index is 1.87. The van der Waals surface area contributed by atoms with Crippen LogP contribution in [0.4, 0.5) is 4.79 Å². The van der Waals surface area contributed by atoms with Crippen LogP contribution in [0.5, 0.6) is 0 Å². The Morgan fingerprint density at radius 2 is 1.84 bits per heavy atom. The Bertz CT molecular complexity index is 464. The summed E-state index contributed by atoms with van der Waals surface area (Å²) in [6, 6.07) is 6.06. The van der Waals surface area contributed by atoms with Gasteiger partial charge in [0.2, 0.25) is 0 Å². The highest BCUT2D eigenvalue weighted by atomic mass is 16.4. The summed E-state index contributed by atoms with van der Waals surface area (Å²) >= 11 is 0. The number of carbonyl (C=O) groups is 2. The Morgan fingerprint density at radius 3 is 2.32 bits per heavy atom. The molecule has 0 aromatic heterocycles. The van der Waals surface area contributed by atoms with Gasteiger partial charge in [-0.2, -0.15) is 0 Å². The molecule has 0 spiro atoms. The van der Waals surface area contributed by atoms with Gasteiger partial charge in [0.25, 0.3) is 0 Å². The van der Waals surface area contributed by atoms with Crippen molar-refractivity contribution < 1.29 is 19.8 Å². The van der Waals surface area contributed by atoms with E-state index in [1.54, 1.807) is 0 Å². The molecule has 1 atom stereocenters. The largest absolute Gasteiger partial charge is 0.480 e. The molecule has 19 heavy (non-hydrogen) atoms. The van der Waals surface area contributed by atoms with Crippen molar-refractivity contribution in [2.75, 3.05) is 6.61 Å². The lowest BCUT2D eigenvalue weighted by atomic mass is 10.1. The first-order valence-electron chi connectivity index (χ1n) is 6.07. The summed E-state index contributed by atoms with van der Waals surface area (Å²) in [6.07, 6.45) is 1.47. The fraction of sp³-hybridized carbons (Fsp3) is 0.385. The van der Waals surface area contributed by atoms with E-state index in [9.17, 15) is 9.59 Å². The maximum Gasteiger partial charge on any atom is 0.328 e. The molecular formula is C13H16N2O4. The highest BCUT2D eigenvalue weighted by Gasteiger charge is 2.24. The average Bonchev–Trinajstić information content (AvgIpc) is 2.77. The standard InChI is InChI=1S/C13H16N2O4/c16-7-11(12(17)18)15-13(19)14-10-5-8-3-1-2-4-9(8)6-10/h1-4,10-11,16H,5-7H2,(H,17,18)(H2,14,15,19)/t11-/m0/s1. The molecule has 4 N–H and O–H groups in total. The van der Waals surface area contributed by atoms with Gasteiger partial charge in [0.05, 0.1) is 6.61 Å². The number of aliphatic carboxylic acids is 1. The predicted octanol–water partition coefficient (Wildman–Crippen LogP) is -0.102.